The predicted octanol–water partition coefficient (Wildman–Crippen LogP) is 1.37. The summed E-state index contributed by atoms with van der Waals surface area (Å²) in [4.78, 5) is 32.1. The summed E-state index contributed by atoms with van der Waals surface area (Å²) in [6.45, 7) is 4.98. The number of hydrogen-bond donors (Lipinski definition) is 1. The number of carbonyl (C=O) groups excluding carboxylic acids is 2. The van der Waals surface area contributed by atoms with Gasteiger partial charge in [-0.25, -0.2) is 14.3 Å². The molecular weight excluding hydrogens is 326 g/mol. The molecule has 0 spiro atoms. The third-order valence-electron chi connectivity index (χ3n) is 3.48. The number of carbonyl (C=O) groups is 2. The Balaban J connectivity index is 1.61. The van der Waals surface area contributed by atoms with Gasteiger partial charge in [-0.3, -0.25) is 4.79 Å². The minimum Gasteiger partial charge on any atom is -0.467 e. The summed E-state index contributed by atoms with van der Waals surface area (Å²) in [7, 11) is 0. The highest BCUT2D eigenvalue weighted by molar-refractivity contribution is 5.88. The van der Waals surface area contributed by atoms with E-state index in [1.807, 2.05) is 19.9 Å². The Labute approximate surface area is 143 Å². The molecular formula is C16H17N5O4. The number of rotatable bonds is 5. The van der Waals surface area contributed by atoms with Crippen LogP contribution in [0.3, 0.4) is 0 Å². The van der Waals surface area contributed by atoms with Crippen LogP contribution >= 0.6 is 0 Å². The average Bonchev–Trinajstić information content (AvgIpc) is 3.21. The minimum absolute atomic E-state index is 0.145. The predicted molar refractivity (Wildman–Crippen MR) is 85.8 cm³/mol. The average molecular weight is 343 g/mol. The van der Waals surface area contributed by atoms with Crippen molar-refractivity contribution in [1.82, 2.24) is 24.9 Å². The Kier molecular flexibility index (Phi) is 4.46. The zero-order valence-corrected chi connectivity index (χ0v) is 14.0. The number of ether oxygens (including phenoxy) is 1. The third kappa shape index (κ3) is 3.65. The van der Waals surface area contributed by atoms with Crippen molar-refractivity contribution >= 4 is 17.7 Å². The molecule has 0 unspecified atom stereocenters. The fourth-order valence-corrected chi connectivity index (χ4v) is 2.34. The topological polar surface area (TPSA) is 112 Å². The molecule has 0 aliphatic carbocycles. The number of furan rings is 1. The largest absolute Gasteiger partial charge is 0.467 e. The fourth-order valence-electron chi connectivity index (χ4n) is 2.34. The first-order chi connectivity index (χ1) is 11.9. The molecule has 9 nitrogen and oxygen atoms in total. The molecule has 3 aromatic heterocycles. The third-order valence-corrected chi connectivity index (χ3v) is 3.48. The lowest BCUT2D eigenvalue weighted by molar-refractivity contribution is -0.125. The van der Waals surface area contributed by atoms with E-state index in [-0.39, 0.29) is 11.9 Å². The first kappa shape index (κ1) is 16.6. The van der Waals surface area contributed by atoms with Crippen LogP contribution < -0.4 is 5.32 Å². The van der Waals surface area contributed by atoms with E-state index < -0.39 is 18.5 Å². The first-order valence-corrected chi connectivity index (χ1v) is 7.65. The summed E-state index contributed by atoms with van der Waals surface area (Å²) >= 11 is 0. The number of aryl methyl sites for hydroxylation is 2. The maximum atomic E-state index is 12.0. The minimum atomic E-state index is -0.789. The second kappa shape index (κ2) is 6.71. The summed E-state index contributed by atoms with van der Waals surface area (Å²) in [6, 6.07) is 4.96. The van der Waals surface area contributed by atoms with Crippen molar-refractivity contribution in [3.63, 3.8) is 0 Å². The van der Waals surface area contributed by atoms with Crippen LogP contribution in [0, 0.1) is 13.8 Å². The van der Waals surface area contributed by atoms with E-state index in [9.17, 15) is 9.59 Å². The van der Waals surface area contributed by atoms with Crippen molar-refractivity contribution in [2.45, 2.75) is 26.8 Å². The van der Waals surface area contributed by atoms with Crippen LogP contribution in [0.4, 0.5) is 0 Å². The summed E-state index contributed by atoms with van der Waals surface area (Å²) in [6.07, 6.45) is 1.52. The molecule has 0 radical (unpaired) electrons. The number of nitrogens with one attached hydrogen (secondary N) is 1. The highest BCUT2D eigenvalue weighted by atomic mass is 16.5. The number of esters is 1. The Morgan fingerprint density at radius 3 is 2.88 bits per heavy atom. The second-order valence-corrected chi connectivity index (χ2v) is 5.57. The van der Waals surface area contributed by atoms with Gasteiger partial charge in [0.2, 0.25) is 0 Å². The Morgan fingerprint density at radius 2 is 2.16 bits per heavy atom. The van der Waals surface area contributed by atoms with Gasteiger partial charge < -0.3 is 14.5 Å². The van der Waals surface area contributed by atoms with E-state index in [2.05, 4.69) is 20.4 Å². The molecule has 130 valence electrons. The molecule has 0 fully saturated rings. The van der Waals surface area contributed by atoms with Crippen molar-refractivity contribution in [2.24, 2.45) is 0 Å². The van der Waals surface area contributed by atoms with Crippen molar-refractivity contribution in [3.8, 4) is 0 Å². The van der Waals surface area contributed by atoms with Crippen molar-refractivity contribution < 1.29 is 18.7 Å². The Hall–Kier alpha value is -3.23. The number of amides is 1. The molecule has 1 N–H and O–H groups in total. The standard InChI is InChI=1S/C16H17N5O4/c1-9-7-10(2)21-16(17-9)19-14(20-21)15(23)25-8-13(22)18-11(3)12-5-4-6-24-12/h4-7,11H,8H2,1-3H3,(H,18,22)/t11-/m1/s1. The maximum absolute atomic E-state index is 12.0. The molecule has 25 heavy (non-hydrogen) atoms. The number of fused-ring (bicyclic) bond motifs is 1. The van der Waals surface area contributed by atoms with Crippen LogP contribution in [0.25, 0.3) is 5.78 Å². The molecule has 0 aliphatic heterocycles. The van der Waals surface area contributed by atoms with Crippen molar-refractivity contribution in [2.75, 3.05) is 6.61 Å². The van der Waals surface area contributed by atoms with Crippen LogP contribution in [0.5, 0.6) is 0 Å². The molecule has 3 heterocycles. The lowest BCUT2D eigenvalue weighted by Crippen LogP contribution is -2.31. The van der Waals surface area contributed by atoms with E-state index >= 15 is 0 Å². The second-order valence-electron chi connectivity index (χ2n) is 5.57. The summed E-state index contributed by atoms with van der Waals surface area (Å²) in [5.74, 6) is -0.471. The normalized spacial score (nSPS) is 12.1. The summed E-state index contributed by atoms with van der Waals surface area (Å²) in [5.41, 5.74) is 1.56. The van der Waals surface area contributed by atoms with E-state index in [1.54, 1.807) is 19.1 Å². The van der Waals surface area contributed by atoms with E-state index in [0.717, 1.165) is 11.4 Å². The zero-order valence-electron chi connectivity index (χ0n) is 14.0. The Bertz CT molecular complexity index is 916. The molecule has 9 heteroatoms. The summed E-state index contributed by atoms with van der Waals surface area (Å²) in [5, 5.41) is 6.72. The molecule has 1 amide bonds. The van der Waals surface area contributed by atoms with Gasteiger partial charge in [0.1, 0.15) is 5.76 Å². The maximum Gasteiger partial charge on any atom is 0.378 e. The van der Waals surface area contributed by atoms with Crippen molar-refractivity contribution in [1.29, 1.82) is 0 Å². The first-order valence-electron chi connectivity index (χ1n) is 7.65. The van der Waals surface area contributed by atoms with Crippen LogP contribution in [-0.2, 0) is 9.53 Å². The van der Waals surface area contributed by atoms with Gasteiger partial charge >= 0.3 is 5.97 Å². The van der Waals surface area contributed by atoms with Gasteiger partial charge in [-0.1, -0.05) is 0 Å². The van der Waals surface area contributed by atoms with Gasteiger partial charge in [-0.15, -0.1) is 5.10 Å². The molecule has 3 rings (SSSR count). The summed E-state index contributed by atoms with van der Waals surface area (Å²) < 4.78 is 11.6. The monoisotopic (exact) mass is 343 g/mol. The van der Waals surface area contributed by atoms with Gasteiger partial charge in [0.05, 0.1) is 12.3 Å². The van der Waals surface area contributed by atoms with Gasteiger partial charge in [-0.05, 0) is 39.0 Å². The Morgan fingerprint density at radius 1 is 1.36 bits per heavy atom. The highest BCUT2D eigenvalue weighted by Gasteiger charge is 2.19. The highest BCUT2D eigenvalue weighted by Crippen LogP contribution is 2.12. The van der Waals surface area contributed by atoms with Crippen LogP contribution in [0.1, 0.15) is 40.7 Å². The number of aromatic nitrogens is 4. The van der Waals surface area contributed by atoms with E-state index in [0.29, 0.717) is 11.5 Å². The molecule has 1 atom stereocenters. The molecule has 0 aliphatic rings. The molecule has 0 saturated heterocycles. The molecule has 3 aromatic rings. The van der Waals surface area contributed by atoms with E-state index in [4.69, 9.17) is 9.15 Å². The van der Waals surface area contributed by atoms with Crippen LogP contribution in [-0.4, -0.2) is 38.1 Å². The smallest absolute Gasteiger partial charge is 0.378 e. The zero-order chi connectivity index (χ0) is 18.0. The fraction of sp³-hybridized carbons (Fsp3) is 0.312. The van der Waals surface area contributed by atoms with Gasteiger partial charge in [0.25, 0.3) is 17.5 Å². The molecule has 0 bridgehead atoms. The molecule has 0 saturated carbocycles. The number of hydrogen-bond acceptors (Lipinski definition) is 7. The number of nitrogens with zero attached hydrogens (tertiary/aromatic N) is 4. The van der Waals surface area contributed by atoms with E-state index in [1.165, 1.54) is 10.8 Å². The lowest BCUT2D eigenvalue weighted by atomic mass is 10.2. The van der Waals surface area contributed by atoms with Crippen molar-refractivity contribution in [3.05, 3.63) is 47.4 Å². The van der Waals surface area contributed by atoms with Gasteiger partial charge in [0, 0.05) is 11.4 Å². The van der Waals surface area contributed by atoms with Crippen LogP contribution in [0.2, 0.25) is 0 Å². The van der Waals surface area contributed by atoms with Gasteiger partial charge in [-0.2, -0.15) is 4.98 Å². The van der Waals surface area contributed by atoms with Gasteiger partial charge in [0.15, 0.2) is 6.61 Å². The quantitative estimate of drug-likeness (QED) is 0.696. The SMILES string of the molecule is Cc1cc(C)n2nc(C(=O)OCC(=O)N[C@H](C)c3ccco3)nc2n1. The lowest BCUT2D eigenvalue weighted by Gasteiger charge is -2.11. The molecule has 0 aromatic carbocycles. The van der Waals surface area contributed by atoms with Crippen LogP contribution in [0.15, 0.2) is 28.9 Å².